The minimum absolute atomic E-state index is 1.12. The molecule has 0 aliphatic heterocycles. The Morgan fingerprint density at radius 2 is 2.12 bits per heavy atom. The summed E-state index contributed by atoms with van der Waals surface area (Å²) >= 11 is 1.47. The van der Waals surface area contributed by atoms with Crippen molar-refractivity contribution >= 4 is 34.6 Å². The molecule has 2 aromatic heterocycles. The second kappa shape index (κ2) is 3.94. The lowest BCUT2D eigenvalue weighted by atomic mass is 10.2. The Kier molecular flexibility index (Phi) is 2.31. The number of hydrogen-bond acceptors (Lipinski definition) is 2. The summed E-state index contributed by atoms with van der Waals surface area (Å²) in [7, 11) is 0. The summed E-state index contributed by atoms with van der Waals surface area (Å²) in [5, 5.41) is 3.27. The van der Waals surface area contributed by atoms with Crippen LogP contribution in [0, 0.1) is 0 Å². The van der Waals surface area contributed by atoms with E-state index in [0.717, 1.165) is 11.3 Å². The van der Waals surface area contributed by atoms with E-state index in [2.05, 4.69) is 39.7 Å². The van der Waals surface area contributed by atoms with E-state index >= 15 is 0 Å². The summed E-state index contributed by atoms with van der Waals surface area (Å²) in [5.74, 6) is 0. The van der Waals surface area contributed by atoms with Gasteiger partial charge in [-0.25, -0.2) is 4.37 Å². The van der Waals surface area contributed by atoms with E-state index in [4.69, 9.17) is 0 Å². The molecule has 1 aromatic carbocycles. The Hall–Kier alpha value is -1.87. The summed E-state index contributed by atoms with van der Waals surface area (Å²) in [5.41, 5.74) is 3.43. The molecule has 1 N–H and O–H groups in total. The van der Waals surface area contributed by atoms with Crippen molar-refractivity contribution in [2.45, 2.75) is 0 Å². The molecule has 0 saturated heterocycles. The van der Waals surface area contributed by atoms with Gasteiger partial charge in [0.2, 0.25) is 0 Å². The van der Waals surface area contributed by atoms with Gasteiger partial charge in [0.05, 0.1) is 0 Å². The zero-order chi connectivity index (χ0) is 10.8. The Labute approximate surface area is 97.4 Å². The van der Waals surface area contributed by atoms with E-state index in [1.165, 1.54) is 22.4 Å². The van der Waals surface area contributed by atoms with Crippen molar-refractivity contribution in [2.24, 2.45) is 0 Å². The highest BCUT2D eigenvalue weighted by Gasteiger charge is 1.96. The minimum atomic E-state index is 1.12. The van der Waals surface area contributed by atoms with Crippen LogP contribution in [0.25, 0.3) is 23.1 Å². The maximum Gasteiger partial charge on any atom is 0.0479 e. The molecule has 2 nitrogen and oxygen atoms in total. The third kappa shape index (κ3) is 1.77. The fourth-order valence-corrected chi connectivity index (χ4v) is 2.17. The van der Waals surface area contributed by atoms with Crippen LogP contribution in [0.5, 0.6) is 0 Å². The topological polar surface area (TPSA) is 28.7 Å². The molecule has 78 valence electrons. The molecule has 0 fully saturated rings. The molecule has 0 amide bonds. The van der Waals surface area contributed by atoms with Gasteiger partial charge in [-0.3, -0.25) is 0 Å². The quantitative estimate of drug-likeness (QED) is 0.707. The first-order chi connectivity index (χ1) is 7.92. The van der Waals surface area contributed by atoms with Crippen molar-refractivity contribution in [2.75, 3.05) is 0 Å². The SMILES string of the molecule is C(=C\c1cc2ccccc2[nH]1)/c1cnsc1. The van der Waals surface area contributed by atoms with Crippen molar-refractivity contribution in [3.8, 4) is 0 Å². The van der Waals surface area contributed by atoms with E-state index in [-0.39, 0.29) is 0 Å². The molecule has 2 heterocycles. The number of hydrogen-bond donors (Lipinski definition) is 1. The first-order valence-corrected chi connectivity index (χ1v) is 5.91. The van der Waals surface area contributed by atoms with Gasteiger partial charge < -0.3 is 4.98 Å². The zero-order valence-corrected chi connectivity index (χ0v) is 9.37. The molecule has 0 unspecified atom stereocenters. The number of aromatic nitrogens is 2. The molecule has 0 atom stereocenters. The van der Waals surface area contributed by atoms with E-state index in [0.29, 0.717) is 0 Å². The van der Waals surface area contributed by atoms with Gasteiger partial charge in [0.25, 0.3) is 0 Å². The average molecular weight is 226 g/mol. The van der Waals surface area contributed by atoms with Gasteiger partial charge in [-0.1, -0.05) is 24.3 Å². The number of H-pyrrole nitrogens is 1. The minimum Gasteiger partial charge on any atom is -0.355 e. The second-order valence-electron chi connectivity index (χ2n) is 3.60. The summed E-state index contributed by atoms with van der Waals surface area (Å²) in [6.07, 6.45) is 6.00. The Balaban J connectivity index is 1.95. The molecule has 0 spiro atoms. The monoisotopic (exact) mass is 226 g/mol. The first kappa shape index (κ1) is 9.36. The summed E-state index contributed by atoms with van der Waals surface area (Å²) in [6.45, 7) is 0. The molecule has 3 rings (SSSR count). The molecular formula is C13H10N2S. The molecule has 3 aromatic rings. The molecule has 16 heavy (non-hydrogen) atoms. The number of nitrogens with one attached hydrogen (secondary N) is 1. The van der Waals surface area contributed by atoms with Crippen LogP contribution in [0.1, 0.15) is 11.3 Å². The van der Waals surface area contributed by atoms with Gasteiger partial charge in [-0.2, -0.15) is 0 Å². The summed E-state index contributed by atoms with van der Waals surface area (Å²) < 4.78 is 4.06. The molecule has 3 heteroatoms. The van der Waals surface area contributed by atoms with Crippen LogP contribution in [0.4, 0.5) is 0 Å². The maximum absolute atomic E-state index is 4.06. The number of aromatic amines is 1. The standard InChI is InChI=1S/C13H10N2S/c1-2-4-13-11(3-1)7-12(15-13)6-5-10-8-14-16-9-10/h1-9,15H/b6-5+. The number of para-hydroxylation sites is 1. The van der Waals surface area contributed by atoms with Gasteiger partial charge in [-0.05, 0) is 35.1 Å². The number of fused-ring (bicyclic) bond motifs is 1. The van der Waals surface area contributed by atoms with Crippen LogP contribution in [0.3, 0.4) is 0 Å². The van der Waals surface area contributed by atoms with E-state index < -0.39 is 0 Å². The third-order valence-corrected chi connectivity index (χ3v) is 3.06. The van der Waals surface area contributed by atoms with Crippen LogP contribution in [-0.4, -0.2) is 9.36 Å². The van der Waals surface area contributed by atoms with Gasteiger partial charge in [0.1, 0.15) is 0 Å². The fraction of sp³-hybridized carbons (Fsp3) is 0. The zero-order valence-electron chi connectivity index (χ0n) is 8.55. The highest BCUT2D eigenvalue weighted by molar-refractivity contribution is 7.03. The van der Waals surface area contributed by atoms with Crippen LogP contribution >= 0.6 is 11.5 Å². The molecule has 0 aliphatic rings. The van der Waals surface area contributed by atoms with Crippen LogP contribution in [0.15, 0.2) is 41.9 Å². The highest BCUT2D eigenvalue weighted by Crippen LogP contribution is 2.16. The predicted molar refractivity (Wildman–Crippen MR) is 69.3 cm³/mol. The number of rotatable bonds is 2. The van der Waals surface area contributed by atoms with Crippen molar-refractivity contribution in [3.63, 3.8) is 0 Å². The van der Waals surface area contributed by atoms with Crippen LogP contribution in [0.2, 0.25) is 0 Å². The fourth-order valence-electron chi connectivity index (χ4n) is 1.67. The lowest BCUT2D eigenvalue weighted by molar-refractivity contribution is 1.43. The van der Waals surface area contributed by atoms with E-state index in [1.54, 1.807) is 0 Å². The lowest BCUT2D eigenvalue weighted by Crippen LogP contribution is -1.68. The highest BCUT2D eigenvalue weighted by atomic mass is 32.1. The third-order valence-electron chi connectivity index (χ3n) is 2.46. The lowest BCUT2D eigenvalue weighted by Gasteiger charge is -1.85. The van der Waals surface area contributed by atoms with Gasteiger partial charge in [0.15, 0.2) is 0 Å². The first-order valence-electron chi connectivity index (χ1n) is 5.07. The van der Waals surface area contributed by atoms with Crippen LogP contribution < -0.4 is 0 Å². The molecule has 0 saturated carbocycles. The molecule has 0 aliphatic carbocycles. The average Bonchev–Trinajstić information content (AvgIpc) is 2.95. The van der Waals surface area contributed by atoms with Crippen molar-refractivity contribution < 1.29 is 0 Å². The Morgan fingerprint density at radius 1 is 1.19 bits per heavy atom. The summed E-state index contributed by atoms with van der Waals surface area (Å²) in [4.78, 5) is 3.35. The van der Waals surface area contributed by atoms with Crippen molar-refractivity contribution in [1.29, 1.82) is 0 Å². The van der Waals surface area contributed by atoms with Crippen molar-refractivity contribution in [1.82, 2.24) is 9.36 Å². The molecule has 0 bridgehead atoms. The predicted octanol–water partition coefficient (Wildman–Crippen LogP) is 3.79. The number of nitrogens with zero attached hydrogens (tertiary/aromatic N) is 1. The summed E-state index contributed by atoms with van der Waals surface area (Å²) in [6, 6.07) is 10.4. The second-order valence-corrected chi connectivity index (χ2v) is 4.26. The van der Waals surface area contributed by atoms with Gasteiger partial charge in [-0.15, -0.1) is 0 Å². The molecular weight excluding hydrogens is 216 g/mol. The van der Waals surface area contributed by atoms with E-state index in [1.807, 2.05) is 23.7 Å². The van der Waals surface area contributed by atoms with Crippen molar-refractivity contribution in [3.05, 3.63) is 53.2 Å². The normalized spacial score (nSPS) is 11.5. The smallest absolute Gasteiger partial charge is 0.0479 e. The number of benzene rings is 1. The maximum atomic E-state index is 4.06. The van der Waals surface area contributed by atoms with Gasteiger partial charge in [0, 0.05) is 28.4 Å². The largest absolute Gasteiger partial charge is 0.355 e. The molecule has 0 radical (unpaired) electrons. The van der Waals surface area contributed by atoms with E-state index in [9.17, 15) is 0 Å². The Morgan fingerprint density at radius 3 is 2.94 bits per heavy atom. The Bertz CT molecular complexity index is 587. The van der Waals surface area contributed by atoms with Gasteiger partial charge >= 0.3 is 0 Å². The van der Waals surface area contributed by atoms with Crippen LogP contribution in [-0.2, 0) is 0 Å².